The van der Waals surface area contributed by atoms with Crippen molar-refractivity contribution in [2.75, 3.05) is 13.6 Å². The first-order chi connectivity index (χ1) is 7.54. The molecule has 0 aliphatic rings. The largest absolute Gasteiger partial charge is 0.350 e. The van der Waals surface area contributed by atoms with E-state index in [0.717, 1.165) is 0 Å². The quantitative estimate of drug-likeness (QED) is 0.892. The van der Waals surface area contributed by atoms with Crippen LogP contribution >= 0.6 is 28.3 Å². The lowest BCUT2D eigenvalue weighted by molar-refractivity contribution is 0.0950. The SMILES string of the molecule is CNC(C)CNC(=O)c1ccc(F)c(Br)c1.Cl. The summed E-state index contributed by atoms with van der Waals surface area (Å²) in [7, 11) is 1.82. The molecule has 6 heteroatoms. The van der Waals surface area contributed by atoms with Gasteiger partial charge in [0, 0.05) is 18.2 Å². The molecule has 1 aromatic rings. The molecule has 0 bridgehead atoms. The number of rotatable bonds is 4. The standard InChI is InChI=1S/C11H14BrFN2O.ClH/c1-7(14-2)6-15-11(16)8-3-4-10(13)9(12)5-8;/h3-5,7,14H,6H2,1-2H3,(H,15,16);1H. The molecule has 0 radical (unpaired) electrons. The molecule has 0 fully saturated rings. The van der Waals surface area contributed by atoms with Gasteiger partial charge in [-0.1, -0.05) is 0 Å². The number of hydrogen-bond donors (Lipinski definition) is 2. The van der Waals surface area contributed by atoms with E-state index < -0.39 is 0 Å². The Bertz CT molecular complexity index is 390. The average molecular weight is 326 g/mol. The van der Waals surface area contributed by atoms with E-state index in [-0.39, 0.29) is 30.2 Å². The molecule has 1 rings (SSSR count). The molecule has 17 heavy (non-hydrogen) atoms. The maximum Gasteiger partial charge on any atom is 0.251 e. The number of halogens is 3. The molecule has 2 N–H and O–H groups in total. The number of hydrogen-bond acceptors (Lipinski definition) is 2. The zero-order chi connectivity index (χ0) is 12.1. The summed E-state index contributed by atoms with van der Waals surface area (Å²) in [4.78, 5) is 11.6. The molecule has 1 unspecified atom stereocenters. The summed E-state index contributed by atoms with van der Waals surface area (Å²) in [5, 5.41) is 5.76. The van der Waals surface area contributed by atoms with Crippen molar-refractivity contribution >= 4 is 34.2 Å². The maximum atomic E-state index is 12.9. The van der Waals surface area contributed by atoms with Gasteiger partial charge in [-0.25, -0.2) is 4.39 Å². The van der Waals surface area contributed by atoms with Crippen LogP contribution in [0, 0.1) is 5.82 Å². The molecule has 0 spiro atoms. The summed E-state index contributed by atoms with van der Waals surface area (Å²) in [6, 6.07) is 4.39. The lowest BCUT2D eigenvalue weighted by Gasteiger charge is -2.11. The Labute approximate surface area is 115 Å². The highest BCUT2D eigenvalue weighted by molar-refractivity contribution is 9.10. The van der Waals surface area contributed by atoms with Gasteiger partial charge in [-0.3, -0.25) is 4.79 Å². The van der Waals surface area contributed by atoms with E-state index in [2.05, 4.69) is 26.6 Å². The first-order valence-corrected chi connectivity index (χ1v) is 5.74. The molecule has 0 saturated heterocycles. The van der Waals surface area contributed by atoms with Crippen molar-refractivity contribution in [1.82, 2.24) is 10.6 Å². The van der Waals surface area contributed by atoms with Crippen LogP contribution in [0.5, 0.6) is 0 Å². The van der Waals surface area contributed by atoms with Crippen molar-refractivity contribution in [1.29, 1.82) is 0 Å². The molecule has 0 aliphatic heterocycles. The van der Waals surface area contributed by atoms with Gasteiger partial charge in [0.15, 0.2) is 0 Å². The molecule has 3 nitrogen and oxygen atoms in total. The smallest absolute Gasteiger partial charge is 0.251 e. The normalized spacial score (nSPS) is 11.5. The van der Waals surface area contributed by atoms with Crippen LogP contribution in [0.25, 0.3) is 0 Å². The highest BCUT2D eigenvalue weighted by atomic mass is 79.9. The predicted octanol–water partition coefficient (Wildman–Crippen LogP) is 2.35. The van der Waals surface area contributed by atoms with Gasteiger partial charge in [-0.2, -0.15) is 0 Å². The van der Waals surface area contributed by atoms with E-state index in [9.17, 15) is 9.18 Å². The molecular formula is C11H15BrClFN2O. The van der Waals surface area contributed by atoms with Crippen LogP contribution in [0.3, 0.4) is 0 Å². The van der Waals surface area contributed by atoms with Crippen molar-refractivity contribution in [2.45, 2.75) is 13.0 Å². The second-order valence-corrected chi connectivity index (χ2v) is 4.38. The molecule has 1 atom stereocenters. The molecule has 0 aromatic heterocycles. The summed E-state index contributed by atoms with van der Waals surface area (Å²) in [5.74, 6) is -0.581. The second-order valence-electron chi connectivity index (χ2n) is 3.53. The van der Waals surface area contributed by atoms with Crippen LogP contribution in [0.15, 0.2) is 22.7 Å². The van der Waals surface area contributed by atoms with Gasteiger partial charge in [0.05, 0.1) is 4.47 Å². The van der Waals surface area contributed by atoms with Crippen molar-refractivity contribution in [2.24, 2.45) is 0 Å². The third-order valence-electron chi connectivity index (χ3n) is 2.24. The van der Waals surface area contributed by atoms with Crippen molar-refractivity contribution < 1.29 is 9.18 Å². The summed E-state index contributed by atoms with van der Waals surface area (Å²) < 4.78 is 13.2. The van der Waals surface area contributed by atoms with E-state index >= 15 is 0 Å². The Balaban J connectivity index is 0.00000256. The Hall–Kier alpha value is -0.650. The molecule has 1 amide bonds. The molecular weight excluding hydrogens is 310 g/mol. The number of carbonyl (C=O) groups excluding carboxylic acids is 1. The van der Waals surface area contributed by atoms with E-state index in [4.69, 9.17) is 0 Å². The van der Waals surface area contributed by atoms with Gasteiger partial charge in [0.1, 0.15) is 5.82 Å². The third-order valence-corrected chi connectivity index (χ3v) is 2.85. The monoisotopic (exact) mass is 324 g/mol. The minimum absolute atomic E-state index is 0. The summed E-state index contributed by atoms with van der Waals surface area (Å²) in [6.07, 6.45) is 0. The topological polar surface area (TPSA) is 41.1 Å². The van der Waals surface area contributed by atoms with Gasteiger partial charge < -0.3 is 10.6 Å². The Morgan fingerprint density at radius 1 is 1.53 bits per heavy atom. The number of amides is 1. The van der Waals surface area contributed by atoms with Gasteiger partial charge in [-0.05, 0) is 48.1 Å². The van der Waals surface area contributed by atoms with Gasteiger partial charge in [0.2, 0.25) is 0 Å². The second kappa shape index (κ2) is 7.63. The first kappa shape index (κ1) is 16.4. The van der Waals surface area contributed by atoms with Crippen LogP contribution < -0.4 is 10.6 Å². The lowest BCUT2D eigenvalue weighted by Crippen LogP contribution is -2.37. The summed E-state index contributed by atoms with van der Waals surface area (Å²) >= 11 is 3.04. The van der Waals surface area contributed by atoms with E-state index in [1.807, 2.05) is 14.0 Å². The molecule has 96 valence electrons. The first-order valence-electron chi connectivity index (χ1n) is 4.95. The molecule has 0 heterocycles. The van der Waals surface area contributed by atoms with Gasteiger partial charge in [-0.15, -0.1) is 12.4 Å². The summed E-state index contributed by atoms with van der Waals surface area (Å²) in [5.41, 5.74) is 0.441. The van der Waals surface area contributed by atoms with Crippen LogP contribution in [0.1, 0.15) is 17.3 Å². The van der Waals surface area contributed by atoms with Crippen LogP contribution in [-0.4, -0.2) is 25.5 Å². The highest BCUT2D eigenvalue weighted by Gasteiger charge is 2.08. The maximum absolute atomic E-state index is 12.9. The van der Waals surface area contributed by atoms with E-state index in [1.54, 1.807) is 0 Å². The fourth-order valence-corrected chi connectivity index (χ4v) is 1.47. The van der Waals surface area contributed by atoms with Crippen LogP contribution in [0.4, 0.5) is 4.39 Å². The van der Waals surface area contributed by atoms with Crippen molar-refractivity contribution in [3.8, 4) is 0 Å². The summed E-state index contributed by atoms with van der Waals surface area (Å²) in [6.45, 7) is 2.49. The molecule has 0 saturated carbocycles. The zero-order valence-corrected chi connectivity index (χ0v) is 12.0. The van der Waals surface area contributed by atoms with Crippen LogP contribution in [0.2, 0.25) is 0 Å². The van der Waals surface area contributed by atoms with Crippen molar-refractivity contribution in [3.63, 3.8) is 0 Å². The molecule has 1 aromatic carbocycles. The van der Waals surface area contributed by atoms with Gasteiger partial charge in [0.25, 0.3) is 5.91 Å². The fourth-order valence-electron chi connectivity index (χ4n) is 1.09. The average Bonchev–Trinajstić information content (AvgIpc) is 2.29. The Morgan fingerprint density at radius 2 is 2.18 bits per heavy atom. The van der Waals surface area contributed by atoms with E-state index in [0.29, 0.717) is 16.6 Å². The number of nitrogens with one attached hydrogen (secondary N) is 2. The minimum Gasteiger partial charge on any atom is -0.350 e. The fraction of sp³-hybridized carbons (Fsp3) is 0.364. The molecule has 0 aliphatic carbocycles. The predicted molar refractivity (Wildman–Crippen MR) is 72.2 cm³/mol. The van der Waals surface area contributed by atoms with Crippen molar-refractivity contribution in [3.05, 3.63) is 34.1 Å². The number of benzene rings is 1. The third kappa shape index (κ3) is 5.02. The van der Waals surface area contributed by atoms with Crippen LogP contribution in [-0.2, 0) is 0 Å². The zero-order valence-electron chi connectivity index (χ0n) is 9.59. The Morgan fingerprint density at radius 3 is 2.71 bits per heavy atom. The lowest BCUT2D eigenvalue weighted by atomic mass is 10.2. The number of likely N-dealkylation sites (N-methyl/N-ethyl adjacent to an activating group) is 1. The minimum atomic E-state index is -0.375. The van der Waals surface area contributed by atoms with Gasteiger partial charge >= 0.3 is 0 Å². The highest BCUT2D eigenvalue weighted by Crippen LogP contribution is 2.16. The van der Waals surface area contributed by atoms with E-state index in [1.165, 1.54) is 18.2 Å². The number of carbonyl (C=O) groups is 1. The Kier molecular flexibility index (Phi) is 7.34.